The van der Waals surface area contributed by atoms with Crippen LogP contribution in [0.1, 0.15) is 20.7 Å². The van der Waals surface area contributed by atoms with Crippen molar-refractivity contribution >= 4 is 11.9 Å². The molecular weight excluding hydrogens is 448 g/mol. The Morgan fingerprint density at radius 3 is 1.25 bits per heavy atom. The second-order valence-corrected chi connectivity index (χ2v) is 8.08. The van der Waals surface area contributed by atoms with Crippen LogP contribution in [0.5, 0.6) is 11.5 Å². The lowest BCUT2D eigenvalue weighted by atomic mass is 10.0. The number of rotatable bonds is 6. The molecule has 0 heterocycles. The third-order valence-electron chi connectivity index (χ3n) is 5.68. The molecule has 0 aromatic heterocycles. The lowest BCUT2D eigenvalue weighted by Gasteiger charge is -2.12. The fourth-order valence-electron chi connectivity index (χ4n) is 3.91. The molecule has 0 bridgehead atoms. The number of carbonyl (C=O) groups excluding carboxylic acids is 2. The molecule has 0 amide bonds. The molecule has 5 rings (SSSR count). The van der Waals surface area contributed by atoms with Crippen LogP contribution in [0.4, 0.5) is 0 Å². The largest absolute Gasteiger partial charge is 0.422 e. The fraction of sp³-hybridized carbons (Fsp3) is 0. The van der Waals surface area contributed by atoms with Crippen molar-refractivity contribution in [2.24, 2.45) is 0 Å². The maximum atomic E-state index is 13.0. The van der Waals surface area contributed by atoms with Gasteiger partial charge in [0.2, 0.25) is 0 Å². The molecule has 4 heteroatoms. The lowest BCUT2D eigenvalue weighted by Crippen LogP contribution is -2.13. The van der Waals surface area contributed by atoms with Crippen molar-refractivity contribution in [2.45, 2.75) is 0 Å². The zero-order valence-corrected chi connectivity index (χ0v) is 19.3. The molecule has 0 aliphatic heterocycles. The normalized spacial score (nSPS) is 10.4. The average molecular weight is 471 g/mol. The van der Waals surface area contributed by atoms with E-state index < -0.39 is 11.9 Å². The van der Waals surface area contributed by atoms with Gasteiger partial charge in [0.05, 0.1) is 11.1 Å². The quantitative estimate of drug-likeness (QED) is 0.191. The highest BCUT2D eigenvalue weighted by molar-refractivity contribution is 5.97. The van der Waals surface area contributed by atoms with Gasteiger partial charge in [-0.25, -0.2) is 9.59 Å². The van der Waals surface area contributed by atoms with Crippen LogP contribution < -0.4 is 9.47 Å². The molecule has 36 heavy (non-hydrogen) atoms. The molecule has 0 fully saturated rings. The van der Waals surface area contributed by atoms with Gasteiger partial charge < -0.3 is 9.47 Å². The van der Waals surface area contributed by atoms with Crippen LogP contribution in [0.25, 0.3) is 22.3 Å². The Labute approximate surface area is 209 Å². The van der Waals surface area contributed by atoms with Crippen LogP contribution in [0.15, 0.2) is 133 Å². The fourth-order valence-corrected chi connectivity index (χ4v) is 3.91. The highest BCUT2D eigenvalue weighted by atomic mass is 16.5. The number of hydrogen-bond donors (Lipinski definition) is 0. The molecule has 0 aliphatic carbocycles. The molecular formula is C32H22O4. The Morgan fingerprint density at radius 1 is 0.417 bits per heavy atom. The SMILES string of the molecule is O=C(Oc1ccccc1-c1ccccc1)c1cccc(C(=O)Oc2ccccc2-c2ccccc2)c1. The number of esters is 2. The molecule has 0 spiro atoms. The number of hydrogen-bond acceptors (Lipinski definition) is 4. The second kappa shape index (κ2) is 10.5. The molecule has 0 aliphatic rings. The van der Waals surface area contributed by atoms with Crippen molar-refractivity contribution in [3.05, 3.63) is 145 Å². The van der Waals surface area contributed by atoms with Crippen molar-refractivity contribution in [3.63, 3.8) is 0 Å². The van der Waals surface area contributed by atoms with Crippen molar-refractivity contribution in [1.29, 1.82) is 0 Å². The van der Waals surface area contributed by atoms with Crippen molar-refractivity contribution in [3.8, 4) is 33.8 Å². The van der Waals surface area contributed by atoms with Gasteiger partial charge in [0, 0.05) is 11.1 Å². The molecule has 0 saturated heterocycles. The zero-order chi connectivity index (χ0) is 24.7. The summed E-state index contributed by atoms with van der Waals surface area (Å²) in [5.41, 5.74) is 4.00. The Balaban J connectivity index is 1.36. The number of para-hydroxylation sites is 2. The van der Waals surface area contributed by atoms with Crippen LogP contribution >= 0.6 is 0 Å². The summed E-state index contributed by atoms with van der Waals surface area (Å²) in [7, 11) is 0. The predicted molar refractivity (Wildman–Crippen MR) is 140 cm³/mol. The minimum atomic E-state index is -0.558. The first kappa shape index (κ1) is 22.8. The number of benzene rings is 5. The maximum absolute atomic E-state index is 13.0. The molecule has 5 aromatic carbocycles. The Bertz CT molecular complexity index is 1400. The molecule has 0 unspecified atom stereocenters. The van der Waals surface area contributed by atoms with Crippen LogP contribution in [0, 0.1) is 0 Å². The molecule has 0 radical (unpaired) electrons. The monoisotopic (exact) mass is 470 g/mol. The summed E-state index contributed by atoms with van der Waals surface area (Å²) in [4.78, 5) is 26.0. The van der Waals surface area contributed by atoms with Gasteiger partial charge in [0.25, 0.3) is 0 Å². The van der Waals surface area contributed by atoms with E-state index in [1.165, 1.54) is 6.07 Å². The van der Waals surface area contributed by atoms with Gasteiger partial charge in [0.1, 0.15) is 11.5 Å². The summed E-state index contributed by atoms with van der Waals surface area (Å²) in [6.07, 6.45) is 0. The van der Waals surface area contributed by atoms with Gasteiger partial charge in [-0.15, -0.1) is 0 Å². The first-order valence-corrected chi connectivity index (χ1v) is 11.5. The van der Waals surface area contributed by atoms with E-state index in [1.807, 2.05) is 97.1 Å². The van der Waals surface area contributed by atoms with Gasteiger partial charge in [-0.05, 0) is 41.5 Å². The van der Waals surface area contributed by atoms with Gasteiger partial charge in [0.15, 0.2) is 0 Å². The summed E-state index contributed by atoms with van der Waals surface area (Å²) in [5.74, 6) is -0.229. The maximum Gasteiger partial charge on any atom is 0.343 e. The third kappa shape index (κ3) is 5.08. The highest BCUT2D eigenvalue weighted by Crippen LogP contribution is 2.31. The topological polar surface area (TPSA) is 52.6 Å². The first-order chi connectivity index (χ1) is 17.7. The van der Waals surface area contributed by atoms with Gasteiger partial charge in [-0.3, -0.25) is 0 Å². The summed E-state index contributed by atoms with van der Waals surface area (Å²) >= 11 is 0. The van der Waals surface area contributed by atoms with Gasteiger partial charge in [-0.1, -0.05) is 103 Å². The van der Waals surface area contributed by atoms with Crippen molar-refractivity contribution < 1.29 is 19.1 Å². The van der Waals surface area contributed by atoms with Crippen LogP contribution in [-0.2, 0) is 0 Å². The van der Waals surface area contributed by atoms with E-state index >= 15 is 0 Å². The van der Waals surface area contributed by atoms with E-state index in [2.05, 4.69) is 0 Å². The summed E-state index contributed by atoms with van der Waals surface area (Å²) in [6, 6.07) is 40.5. The molecule has 0 saturated carbocycles. The highest BCUT2D eigenvalue weighted by Gasteiger charge is 2.17. The van der Waals surface area contributed by atoms with E-state index in [9.17, 15) is 9.59 Å². The minimum Gasteiger partial charge on any atom is -0.422 e. The second-order valence-electron chi connectivity index (χ2n) is 8.08. The standard InChI is InChI=1S/C32H22O4/c33-31(35-29-20-9-7-18-27(29)23-12-3-1-4-13-23)25-16-11-17-26(22-25)32(34)36-30-21-10-8-19-28(30)24-14-5-2-6-15-24/h1-22H. The van der Waals surface area contributed by atoms with E-state index in [0.717, 1.165) is 22.3 Å². The Hall–Kier alpha value is -4.96. The van der Waals surface area contributed by atoms with E-state index in [1.54, 1.807) is 30.3 Å². The minimum absolute atomic E-state index is 0.253. The number of carbonyl (C=O) groups is 2. The van der Waals surface area contributed by atoms with Crippen molar-refractivity contribution in [1.82, 2.24) is 0 Å². The summed E-state index contributed by atoms with van der Waals surface area (Å²) in [5, 5.41) is 0. The summed E-state index contributed by atoms with van der Waals surface area (Å²) < 4.78 is 11.4. The molecule has 4 nitrogen and oxygen atoms in total. The van der Waals surface area contributed by atoms with Crippen LogP contribution in [0.2, 0.25) is 0 Å². The van der Waals surface area contributed by atoms with E-state index in [0.29, 0.717) is 11.5 Å². The molecule has 0 N–H and O–H groups in total. The summed E-state index contributed by atoms with van der Waals surface area (Å²) in [6.45, 7) is 0. The van der Waals surface area contributed by atoms with Crippen LogP contribution in [-0.4, -0.2) is 11.9 Å². The predicted octanol–water partition coefficient (Wildman–Crippen LogP) is 7.46. The Morgan fingerprint density at radius 2 is 0.806 bits per heavy atom. The molecule has 174 valence electrons. The van der Waals surface area contributed by atoms with Gasteiger partial charge in [-0.2, -0.15) is 0 Å². The Kier molecular flexibility index (Phi) is 6.68. The molecule has 5 aromatic rings. The average Bonchev–Trinajstić information content (AvgIpc) is 2.94. The van der Waals surface area contributed by atoms with Gasteiger partial charge >= 0.3 is 11.9 Å². The van der Waals surface area contributed by atoms with E-state index in [-0.39, 0.29) is 11.1 Å². The van der Waals surface area contributed by atoms with E-state index in [4.69, 9.17) is 9.47 Å². The van der Waals surface area contributed by atoms with Crippen molar-refractivity contribution in [2.75, 3.05) is 0 Å². The van der Waals surface area contributed by atoms with Crippen LogP contribution in [0.3, 0.4) is 0 Å². The smallest absolute Gasteiger partial charge is 0.343 e. The first-order valence-electron chi connectivity index (χ1n) is 11.5. The molecule has 0 atom stereocenters. The zero-order valence-electron chi connectivity index (χ0n) is 19.3. The third-order valence-corrected chi connectivity index (χ3v) is 5.68. The number of ether oxygens (including phenoxy) is 2. The lowest BCUT2D eigenvalue weighted by molar-refractivity contribution is 0.0735.